The lowest BCUT2D eigenvalue weighted by Crippen LogP contribution is -2.11. The molecule has 1 heterocycles. The van der Waals surface area contributed by atoms with Crippen LogP contribution in [0.4, 0.5) is 5.82 Å². The van der Waals surface area contributed by atoms with Crippen molar-refractivity contribution in [1.82, 2.24) is 9.97 Å². The van der Waals surface area contributed by atoms with Crippen LogP contribution in [0.1, 0.15) is 48.4 Å². The largest absolute Gasteiger partial charge is 0.308 e. The van der Waals surface area contributed by atoms with Crippen LogP contribution in [0.15, 0.2) is 24.3 Å². The lowest BCUT2D eigenvalue weighted by Gasteiger charge is -2.14. The third-order valence-corrected chi connectivity index (χ3v) is 4.51. The Hall–Kier alpha value is -1.94. The van der Waals surface area contributed by atoms with Gasteiger partial charge in [-0.1, -0.05) is 31.0 Å². The Kier molecular flexibility index (Phi) is 3.88. The molecule has 0 unspecified atom stereocenters. The molecule has 0 spiro atoms. The summed E-state index contributed by atoms with van der Waals surface area (Å²) in [5.41, 5.74) is 7.37. The molecule has 110 valence electrons. The van der Waals surface area contributed by atoms with Crippen molar-refractivity contribution in [2.75, 3.05) is 5.43 Å². The Morgan fingerprint density at radius 1 is 1.14 bits per heavy atom. The fourth-order valence-corrected chi connectivity index (χ4v) is 3.08. The van der Waals surface area contributed by atoms with E-state index in [4.69, 9.17) is 10.8 Å². The van der Waals surface area contributed by atoms with Gasteiger partial charge in [0.25, 0.3) is 0 Å². The molecule has 0 atom stereocenters. The quantitative estimate of drug-likeness (QED) is 0.665. The van der Waals surface area contributed by atoms with Gasteiger partial charge in [-0.2, -0.15) is 0 Å². The second-order valence-electron chi connectivity index (χ2n) is 5.87. The molecule has 3 N–H and O–H groups in total. The predicted molar refractivity (Wildman–Crippen MR) is 86.0 cm³/mol. The molecular formula is C17H22N4. The first-order valence-corrected chi connectivity index (χ1v) is 7.61. The van der Waals surface area contributed by atoms with Gasteiger partial charge in [-0.3, -0.25) is 0 Å². The van der Waals surface area contributed by atoms with Crippen LogP contribution in [0.3, 0.4) is 0 Å². The van der Waals surface area contributed by atoms with Crippen molar-refractivity contribution < 1.29 is 0 Å². The smallest absolute Gasteiger partial charge is 0.162 e. The highest BCUT2D eigenvalue weighted by Gasteiger charge is 2.20. The van der Waals surface area contributed by atoms with Crippen molar-refractivity contribution in [2.24, 2.45) is 5.84 Å². The minimum Gasteiger partial charge on any atom is -0.308 e. The minimum absolute atomic E-state index is 0.545. The third-order valence-electron chi connectivity index (χ3n) is 4.51. The second-order valence-corrected chi connectivity index (χ2v) is 5.87. The lowest BCUT2D eigenvalue weighted by atomic mass is 10.0. The fraction of sp³-hybridized carbons (Fsp3) is 0.412. The highest BCUT2D eigenvalue weighted by atomic mass is 15.3. The van der Waals surface area contributed by atoms with Gasteiger partial charge in [0.05, 0.1) is 0 Å². The second kappa shape index (κ2) is 5.82. The first-order chi connectivity index (χ1) is 10.2. The summed E-state index contributed by atoms with van der Waals surface area (Å²) >= 11 is 0. The zero-order valence-corrected chi connectivity index (χ0v) is 12.7. The van der Waals surface area contributed by atoms with Gasteiger partial charge < -0.3 is 5.43 Å². The van der Waals surface area contributed by atoms with Gasteiger partial charge in [0.1, 0.15) is 5.82 Å². The number of aromatic nitrogens is 2. The van der Waals surface area contributed by atoms with Crippen LogP contribution < -0.4 is 11.3 Å². The van der Waals surface area contributed by atoms with Crippen LogP contribution in [-0.2, 0) is 0 Å². The zero-order valence-electron chi connectivity index (χ0n) is 12.7. The summed E-state index contributed by atoms with van der Waals surface area (Å²) in [6, 6.07) is 8.24. The first kappa shape index (κ1) is 14.0. The van der Waals surface area contributed by atoms with Crippen LogP contribution in [0.5, 0.6) is 0 Å². The summed E-state index contributed by atoms with van der Waals surface area (Å²) < 4.78 is 0. The molecular weight excluding hydrogens is 260 g/mol. The van der Waals surface area contributed by atoms with Crippen molar-refractivity contribution >= 4 is 5.82 Å². The average molecular weight is 282 g/mol. The fourth-order valence-electron chi connectivity index (χ4n) is 3.08. The standard InChI is InChI=1S/C17H22N4/c1-11-6-5-9-14(12(11)2)17-19-15(10-16(20-17)21-18)13-7-3-4-8-13/h5-6,9-10,13H,3-4,7-8,18H2,1-2H3,(H,19,20,21). The van der Waals surface area contributed by atoms with Crippen molar-refractivity contribution in [3.8, 4) is 11.4 Å². The monoisotopic (exact) mass is 282 g/mol. The van der Waals surface area contributed by atoms with E-state index in [1.807, 2.05) is 6.07 Å². The summed E-state index contributed by atoms with van der Waals surface area (Å²) in [6.45, 7) is 4.23. The Labute approximate surface area is 125 Å². The van der Waals surface area contributed by atoms with E-state index in [1.54, 1.807) is 0 Å². The molecule has 1 fully saturated rings. The SMILES string of the molecule is Cc1cccc(-c2nc(NN)cc(C3CCCC3)n2)c1C. The summed E-state index contributed by atoms with van der Waals surface area (Å²) in [5.74, 6) is 7.61. The Bertz CT molecular complexity index is 645. The first-order valence-electron chi connectivity index (χ1n) is 7.61. The molecule has 4 nitrogen and oxygen atoms in total. The molecule has 1 saturated carbocycles. The summed E-state index contributed by atoms with van der Waals surface area (Å²) in [4.78, 5) is 9.38. The van der Waals surface area contributed by atoms with Crippen LogP contribution in [0, 0.1) is 13.8 Å². The molecule has 1 aromatic carbocycles. The average Bonchev–Trinajstić information content (AvgIpc) is 3.04. The summed E-state index contributed by atoms with van der Waals surface area (Å²) in [7, 11) is 0. The maximum Gasteiger partial charge on any atom is 0.162 e. The maximum absolute atomic E-state index is 5.59. The van der Waals surface area contributed by atoms with Gasteiger partial charge in [0, 0.05) is 23.2 Å². The summed E-state index contributed by atoms with van der Waals surface area (Å²) in [5, 5.41) is 0. The van der Waals surface area contributed by atoms with Crippen molar-refractivity contribution in [3.63, 3.8) is 0 Å². The molecule has 0 bridgehead atoms. The maximum atomic E-state index is 5.59. The number of benzene rings is 1. The number of anilines is 1. The van der Waals surface area contributed by atoms with Crippen molar-refractivity contribution in [2.45, 2.75) is 45.4 Å². The van der Waals surface area contributed by atoms with Crippen LogP contribution in [0.2, 0.25) is 0 Å². The minimum atomic E-state index is 0.545. The number of nitrogens with two attached hydrogens (primary N) is 1. The van der Waals surface area contributed by atoms with Crippen LogP contribution in [-0.4, -0.2) is 9.97 Å². The number of nitrogens with zero attached hydrogens (tertiary/aromatic N) is 2. The van der Waals surface area contributed by atoms with E-state index in [9.17, 15) is 0 Å². The normalized spacial score (nSPS) is 15.4. The number of hydrogen-bond donors (Lipinski definition) is 2. The number of nitrogen functional groups attached to an aromatic ring is 1. The van der Waals surface area contributed by atoms with Gasteiger partial charge in [0.2, 0.25) is 0 Å². The predicted octanol–water partition coefficient (Wildman–Crippen LogP) is 3.70. The number of rotatable bonds is 3. The Balaban J connectivity index is 2.09. The van der Waals surface area contributed by atoms with Gasteiger partial charge >= 0.3 is 0 Å². The molecule has 0 aliphatic heterocycles. The van der Waals surface area contributed by atoms with Crippen LogP contribution >= 0.6 is 0 Å². The van der Waals surface area contributed by atoms with E-state index < -0.39 is 0 Å². The molecule has 1 aliphatic carbocycles. The van der Waals surface area contributed by atoms with Crippen LogP contribution in [0.25, 0.3) is 11.4 Å². The van der Waals surface area contributed by atoms with E-state index in [-0.39, 0.29) is 0 Å². The van der Waals surface area contributed by atoms with Crippen molar-refractivity contribution in [3.05, 3.63) is 41.1 Å². The number of nitrogens with one attached hydrogen (secondary N) is 1. The topological polar surface area (TPSA) is 63.8 Å². The number of hydrazine groups is 1. The number of aryl methyl sites for hydroxylation is 1. The molecule has 0 amide bonds. The number of hydrogen-bond acceptors (Lipinski definition) is 4. The van der Waals surface area contributed by atoms with Gasteiger partial charge in [-0.05, 0) is 37.8 Å². The Morgan fingerprint density at radius 2 is 1.90 bits per heavy atom. The zero-order chi connectivity index (χ0) is 14.8. The molecule has 0 saturated heterocycles. The van der Waals surface area contributed by atoms with E-state index in [1.165, 1.54) is 36.8 Å². The van der Waals surface area contributed by atoms with E-state index in [2.05, 4.69) is 42.5 Å². The molecule has 1 aromatic heterocycles. The lowest BCUT2D eigenvalue weighted by molar-refractivity contribution is 0.695. The van der Waals surface area contributed by atoms with Gasteiger partial charge in [-0.15, -0.1) is 0 Å². The van der Waals surface area contributed by atoms with Gasteiger partial charge in [0.15, 0.2) is 5.82 Å². The molecule has 1 aliphatic rings. The van der Waals surface area contributed by atoms with Crippen molar-refractivity contribution in [1.29, 1.82) is 0 Å². The molecule has 3 rings (SSSR count). The highest BCUT2D eigenvalue weighted by Crippen LogP contribution is 2.35. The summed E-state index contributed by atoms with van der Waals surface area (Å²) in [6.07, 6.45) is 5.01. The van der Waals surface area contributed by atoms with E-state index in [0.717, 1.165) is 17.1 Å². The van der Waals surface area contributed by atoms with E-state index >= 15 is 0 Å². The third kappa shape index (κ3) is 2.76. The molecule has 21 heavy (non-hydrogen) atoms. The van der Waals surface area contributed by atoms with Gasteiger partial charge in [-0.25, -0.2) is 15.8 Å². The highest BCUT2D eigenvalue weighted by molar-refractivity contribution is 5.63. The molecule has 0 radical (unpaired) electrons. The molecule has 2 aromatic rings. The van der Waals surface area contributed by atoms with E-state index in [0.29, 0.717) is 11.7 Å². The Morgan fingerprint density at radius 3 is 2.62 bits per heavy atom. The molecule has 4 heteroatoms.